The molecule has 0 spiro atoms. The maximum atomic E-state index is 11.3. The van der Waals surface area contributed by atoms with E-state index in [0.29, 0.717) is 17.2 Å². The number of benzene rings is 2. The van der Waals surface area contributed by atoms with Crippen LogP contribution in [0.5, 0.6) is 11.5 Å². The van der Waals surface area contributed by atoms with Crippen molar-refractivity contribution in [2.75, 3.05) is 0 Å². The van der Waals surface area contributed by atoms with E-state index in [9.17, 15) is 4.79 Å². The van der Waals surface area contributed by atoms with Gasteiger partial charge in [0.05, 0.1) is 16.3 Å². The molecule has 0 unspecified atom stereocenters. The molecule has 6 heteroatoms. The van der Waals surface area contributed by atoms with Gasteiger partial charge in [0.15, 0.2) is 0 Å². The van der Waals surface area contributed by atoms with Gasteiger partial charge in [-0.1, -0.05) is 17.7 Å². The van der Waals surface area contributed by atoms with Gasteiger partial charge in [-0.05, 0) is 47.9 Å². The summed E-state index contributed by atoms with van der Waals surface area (Å²) in [5.74, 6) is 0.791. The average molecular weight is 376 g/mol. The Balaban J connectivity index is 1.64. The number of hydrogen-bond acceptors (Lipinski definition) is 4. The summed E-state index contributed by atoms with van der Waals surface area (Å²) in [6.45, 7) is 0. The molecule has 0 aliphatic heterocycles. The van der Waals surface area contributed by atoms with Gasteiger partial charge in [0.25, 0.3) is 0 Å². The Morgan fingerprint density at radius 2 is 1.78 bits per heavy atom. The lowest BCUT2D eigenvalue weighted by Crippen LogP contribution is -2.11. The van der Waals surface area contributed by atoms with Gasteiger partial charge in [0.2, 0.25) is 5.91 Å². The average Bonchev–Trinajstić information content (AvgIpc) is 2.68. The number of ether oxygens (including phenoxy) is 1. The minimum atomic E-state index is -0.567. The maximum absolute atomic E-state index is 11.3. The van der Waals surface area contributed by atoms with Crippen LogP contribution < -0.4 is 10.5 Å². The number of hydrogen-bond donors (Lipinski definition) is 1. The van der Waals surface area contributed by atoms with Crippen LogP contribution in [0.1, 0.15) is 10.4 Å². The van der Waals surface area contributed by atoms with Crippen molar-refractivity contribution in [1.82, 2.24) is 9.97 Å². The van der Waals surface area contributed by atoms with Gasteiger partial charge in [-0.3, -0.25) is 14.8 Å². The fourth-order valence-electron chi connectivity index (χ4n) is 2.77. The van der Waals surface area contributed by atoms with Crippen LogP contribution >= 0.6 is 11.6 Å². The van der Waals surface area contributed by atoms with Crippen molar-refractivity contribution >= 4 is 28.3 Å². The Bertz CT molecular complexity index is 1160. The number of primary amides is 1. The lowest BCUT2D eigenvalue weighted by atomic mass is 10.1. The van der Waals surface area contributed by atoms with Crippen LogP contribution in [-0.4, -0.2) is 15.9 Å². The van der Waals surface area contributed by atoms with Crippen LogP contribution in [0.25, 0.3) is 22.0 Å². The molecule has 132 valence electrons. The summed E-state index contributed by atoms with van der Waals surface area (Å²) in [6.07, 6.45) is 5.21. The van der Waals surface area contributed by atoms with Crippen LogP contribution in [0.15, 0.2) is 73.2 Å². The molecule has 1 amide bonds. The smallest absolute Gasteiger partial charge is 0.250 e. The Morgan fingerprint density at radius 3 is 2.59 bits per heavy atom. The molecule has 0 aliphatic rings. The summed E-state index contributed by atoms with van der Waals surface area (Å²) in [5, 5.41) is 2.38. The van der Waals surface area contributed by atoms with Gasteiger partial charge >= 0.3 is 0 Å². The highest BCUT2D eigenvalue weighted by Gasteiger charge is 2.10. The monoisotopic (exact) mass is 375 g/mol. The molecule has 0 atom stereocenters. The summed E-state index contributed by atoms with van der Waals surface area (Å²) in [5.41, 5.74) is 7.01. The number of aromatic nitrogens is 2. The number of pyridine rings is 2. The van der Waals surface area contributed by atoms with E-state index in [0.717, 1.165) is 16.3 Å². The number of carbonyl (C=O) groups is 1. The summed E-state index contributed by atoms with van der Waals surface area (Å²) in [7, 11) is 0. The van der Waals surface area contributed by atoms with E-state index in [4.69, 9.17) is 22.1 Å². The van der Waals surface area contributed by atoms with Crippen molar-refractivity contribution in [3.8, 4) is 22.8 Å². The Labute approximate surface area is 160 Å². The number of halogens is 1. The molecular formula is C21H14ClN3O2. The van der Waals surface area contributed by atoms with Gasteiger partial charge in [-0.25, -0.2) is 0 Å². The number of nitrogens with zero attached hydrogens (tertiary/aromatic N) is 2. The molecule has 0 radical (unpaired) electrons. The van der Waals surface area contributed by atoms with Gasteiger partial charge in [-0.2, -0.15) is 0 Å². The third-order valence-corrected chi connectivity index (χ3v) is 4.42. The summed E-state index contributed by atoms with van der Waals surface area (Å²) in [4.78, 5) is 19.8. The van der Waals surface area contributed by atoms with Crippen LogP contribution in [0.2, 0.25) is 5.02 Å². The zero-order valence-electron chi connectivity index (χ0n) is 14.1. The second-order valence-corrected chi connectivity index (χ2v) is 6.33. The van der Waals surface area contributed by atoms with E-state index >= 15 is 0 Å². The van der Waals surface area contributed by atoms with Crippen LogP contribution in [0, 0.1) is 0 Å². The van der Waals surface area contributed by atoms with E-state index in [1.165, 1.54) is 0 Å². The van der Waals surface area contributed by atoms with Crippen LogP contribution in [0.3, 0.4) is 0 Å². The van der Waals surface area contributed by atoms with Crippen molar-refractivity contribution in [1.29, 1.82) is 0 Å². The van der Waals surface area contributed by atoms with Crippen molar-refractivity contribution < 1.29 is 9.53 Å². The van der Waals surface area contributed by atoms with Crippen molar-refractivity contribution in [2.24, 2.45) is 5.73 Å². The first-order chi connectivity index (χ1) is 13.1. The number of nitrogens with two attached hydrogens (primary N) is 1. The molecule has 0 bridgehead atoms. The number of rotatable bonds is 4. The number of amides is 1. The molecule has 5 nitrogen and oxygen atoms in total. The van der Waals surface area contributed by atoms with Gasteiger partial charge in [-0.15, -0.1) is 0 Å². The predicted octanol–water partition coefficient (Wildman–Crippen LogP) is 4.84. The molecule has 0 saturated heterocycles. The minimum Gasteiger partial charge on any atom is -0.457 e. The summed E-state index contributed by atoms with van der Waals surface area (Å²) < 4.78 is 5.97. The van der Waals surface area contributed by atoms with Gasteiger partial charge in [0, 0.05) is 35.6 Å². The normalized spacial score (nSPS) is 10.7. The van der Waals surface area contributed by atoms with Crippen molar-refractivity contribution in [2.45, 2.75) is 0 Å². The highest BCUT2D eigenvalue weighted by molar-refractivity contribution is 6.34. The predicted molar refractivity (Wildman–Crippen MR) is 105 cm³/mol. The van der Waals surface area contributed by atoms with Crippen LogP contribution in [-0.2, 0) is 0 Å². The molecule has 4 rings (SSSR count). The van der Waals surface area contributed by atoms with Gasteiger partial charge < -0.3 is 10.5 Å². The molecule has 4 aromatic rings. The SMILES string of the molecule is NC(=O)c1ccc(-c2cc(Oc3ccc4cnccc4c3)ccn2)cc1Cl. The largest absolute Gasteiger partial charge is 0.457 e. The highest BCUT2D eigenvalue weighted by Crippen LogP contribution is 2.29. The molecule has 2 aromatic carbocycles. The second kappa shape index (κ2) is 7.05. The second-order valence-electron chi connectivity index (χ2n) is 5.92. The quantitative estimate of drug-likeness (QED) is 0.553. The van der Waals surface area contributed by atoms with E-state index in [1.807, 2.05) is 36.5 Å². The van der Waals surface area contributed by atoms with Gasteiger partial charge in [0.1, 0.15) is 11.5 Å². The number of carbonyl (C=O) groups excluding carboxylic acids is 1. The minimum absolute atomic E-state index is 0.276. The fourth-order valence-corrected chi connectivity index (χ4v) is 3.04. The lowest BCUT2D eigenvalue weighted by Gasteiger charge is -2.09. The standard InChI is InChI=1S/C21H14ClN3O2/c22-19-10-14(2-4-18(19)21(23)26)20-11-17(6-8-25-20)27-16-3-1-15-12-24-7-5-13(15)9-16/h1-12H,(H2,23,26). The Hall–Kier alpha value is -3.44. The molecule has 0 fully saturated rings. The zero-order valence-corrected chi connectivity index (χ0v) is 14.9. The third kappa shape index (κ3) is 3.59. The molecule has 27 heavy (non-hydrogen) atoms. The Morgan fingerprint density at radius 1 is 0.926 bits per heavy atom. The highest BCUT2D eigenvalue weighted by atomic mass is 35.5. The van der Waals surface area contributed by atoms with Crippen molar-refractivity contribution in [3.05, 3.63) is 83.8 Å². The van der Waals surface area contributed by atoms with E-state index in [-0.39, 0.29) is 10.6 Å². The molecule has 2 aromatic heterocycles. The topological polar surface area (TPSA) is 78.1 Å². The first kappa shape index (κ1) is 17.0. The Kier molecular flexibility index (Phi) is 4.44. The van der Waals surface area contributed by atoms with E-state index in [1.54, 1.807) is 36.7 Å². The van der Waals surface area contributed by atoms with E-state index < -0.39 is 5.91 Å². The molecular weight excluding hydrogens is 362 g/mol. The first-order valence-electron chi connectivity index (χ1n) is 8.17. The first-order valence-corrected chi connectivity index (χ1v) is 8.55. The van der Waals surface area contributed by atoms with Crippen molar-refractivity contribution in [3.63, 3.8) is 0 Å². The maximum Gasteiger partial charge on any atom is 0.250 e. The van der Waals surface area contributed by atoms with Crippen LogP contribution in [0.4, 0.5) is 0 Å². The molecule has 0 aliphatic carbocycles. The zero-order chi connectivity index (χ0) is 18.8. The molecule has 2 heterocycles. The third-order valence-electron chi connectivity index (χ3n) is 4.11. The fraction of sp³-hybridized carbons (Fsp3) is 0. The lowest BCUT2D eigenvalue weighted by molar-refractivity contribution is 0.100. The molecule has 0 saturated carbocycles. The van der Waals surface area contributed by atoms with E-state index in [2.05, 4.69) is 9.97 Å². The summed E-state index contributed by atoms with van der Waals surface area (Å²) >= 11 is 6.13. The summed E-state index contributed by atoms with van der Waals surface area (Å²) in [6, 6.07) is 16.3. The molecule has 2 N–H and O–H groups in total. The number of fused-ring (bicyclic) bond motifs is 1.